The van der Waals surface area contributed by atoms with E-state index < -0.39 is 9.81 Å². The first-order valence-corrected chi connectivity index (χ1v) is 3.83. The van der Waals surface area contributed by atoms with Crippen molar-refractivity contribution in [2.75, 3.05) is 0 Å². The Labute approximate surface area is 48.6 Å². The fraction of sp³-hybridized carbons (Fsp3) is 0. The first-order valence-electron chi connectivity index (χ1n) is 2.14. The van der Waals surface area contributed by atoms with Crippen LogP contribution in [0.3, 0.4) is 0 Å². The molecule has 4 heteroatoms. The lowest BCUT2D eigenvalue weighted by molar-refractivity contribution is 1.32. The van der Waals surface area contributed by atoms with Gasteiger partial charge in [-0.1, -0.05) is 6.08 Å². The first kappa shape index (κ1) is 5.37. The van der Waals surface area contributed by atoms with Gasteiger partial charge >= 0.3 is 0 Å². The molecule has 0 aromatic carbocycles. The van der Waals surface area contributed by atoms with Gasteiger partial charge in [-0.15, -0.1) is 0 Å². The summed E-state index contributed by atoms with van der Waals surface area (Å²) in [5.41, 5.74) is 0. The zero-order valence-electron chi connectivity index (χ0n) is 4.22. The lowest BCUT2D eigenvalue weighted by atomic mass is 10.6. The summed E-state index contributed by atoms with van der Waals surface area (Å²) >= 11 is 0. The highest BCUT2D eigenvalue weighted by Crippen LogP contribution is 1.95. The predicted molar refractivity (Wildman–Crippen MR) is 34.2 cm³/mol. The Bertz CT molecular complexity index is 222. The van der Waals surface area contributed by atoms with Crippen LogP contribution in [0.5, 0.6) is 0 Å². The summed E-state index contributed by atoms with van der Waals surface area (Å²) in [6, 6.07) is 0. The van der Waals surface area contributed by atoms with Crippen LogP contribution in [0.15, 0.2) is 23.8 Å². The number of allylic oxidation sites excluding steroid dienone is 2. The molecule has 0 amide bonds. The summed E-state index contributed by atoms with van der Waals surface area (Å²) in [4.78, 5) is 0. The van der Waals surface area contributed by atoms with Crippen molar-refractivity contribution in [1.82, 2.24) is 4.72 Å². The van der Waals surface area contributed by atoms with E-state index >= 15 is 0 Å². The summed E-state index contributed by atoms with van der Waals surface area (Å²) in [7, 11) is -2.10. The number of nitrogens with one attached hydrogen (secondary N) is 3. The minimum atomic E-state index is -2.10. The Hall–Kier alpha value is -0.770. The molecule has 1 rings (SSSR count). The van der Waals surface area contributed by atoms with Gasteiger partial charge in [-0.3, -0.25) is 0 Å². The van der Waals surface area contributed by atoms with Crippen LogP contribution >= 0.6 is 0 Å². The topological polar surface area (TPSA) is 59.7 Å². The first-order chi connectivity index (χ1) is 3.71. The van der Waals surface area contributed by atoms with Gasteiger partial charge in [0.25, 0.3) is 0 Å². The van der Waals surface area contributed by atoms with Gasteiger partial charge in [0.1, 0.15) is 0 Å². The van der Waals surface area contributed by atoms with Crippen molar-refractivity contribution in [3.05, 3.63) is 23.8 Å². The summed E-state index contributed by atoms with van der Waals surface area (Å²) in [6.07, 6.45) is 5.11. The van der Waals surface area contributed by atoms with Crippen LogP contribution in [-0.4, -0.2) is 0 Å². The molecule has 0 aliphatic carbocycles. The van der Waals surface area contributed by atoms with Crippen molar-refractivity contribution in [2.45, 2.75) is 0 Å². The molecule has 3 nitrogen and oxygen atoms in total. The lowest BCUT2D eigenvalue weighted by Gasteiger charge is -2.06. The molecule has 0 saturated carbocycles. The van der Waals surface area contributed by atoms with Crippen molar-refractivity contribution >= 4 is 9.81 Å². The number of hydrogen-bond donors (Lipinski definition) is 3. The fourth-order valence-corrected chi connectivity index (χ4v) is 1.10. The average Bonchev–Trinajstić information content (AvgIpc) is 1.65. The summed E-state index contributed by atoms with van der Waals surface area (Å²) < 4.78 is 16.9. The maximum Gasteiger partial charge on any atom is 0.0365 e. The van der Waals surface area contributed by atoms with Gasteiger partial charge in [0.05, 0.1) is 0 Å². The summed E-state index contributed by atoms with van der Waals surface area (Å²) in [5, 5.41) is 1.55. The van der Waals surface area contributed by atoms with Crippen molar-refractivity contribution in [2.24, 2.45) is 0 Å². The minimum absolute atomic E-state index is 1.55. The van der Waals surface area contributed by atoms with Crippen LogP contribution in [0.1, 0.15) is 0 Å². The summed E-state index contributed by atoms with van der Waals surface area (Å²) in [5.74, 6) is 0. The Kier molecular flexibility index (Phi) is 1.09. The van der Waals surface area contributed by atoms with Gasteiger partial charge in [-0.05, 0) is 6.08 Å². The van der Waals surface area contributed by atoms with Crippen LogP contribution < -0.4 is 4.72 Å². The molecule has 8 heavy (non-hydrogen) atoms. The van der Waals surface area contributed by atoms with Crippen molar-refractivity contribution in [3.8, 4) is 0 Å². The molecule has 0 bridgehead atoms. The molecule has 0 aromatic heterocycles. The minimum Gasteiger partial charge on any atom is -0.318 e. The largest absolute Gasteiger partial charge is 0.318 e. The van der Waals surface area contributed by atoms with Crippen LogP contribution in [0, 0.1) is 9.56 Å². The molecule has 0 fully saturated rings. The fourth-order valence-electron chi connectivity index (χ4n) is 0.405. The van der Waals surface area contributed by atoms with Crippen molar-refractivity contribution in [1.29, 1.82) is 9.56 Å². The van der Waals surface area contributed by atoms with E-state index in [2.05, 4.69) is 4.72 Å². The lowest BCUT2D eigenvalue weighted by Crippen LogP contribution is -2.12. The van der Waals surface area contributed by atoms with Crippen LogP contribution in [0.25, 0.3) is 0 Å². The quantitative estimate of drug-likeness (QED) is 0.452. The second-order valence-corrected chi connectivity index (χ2v) is 3.29. The maximum absolute atomic E-state index is 7.13. The standard InChI is InChI=1S/C4H7N3S/c5-8(6)4-2-1-3-7-8/h1-4H,(H3,5,6,7). The molecule has 0 unspecified atom stereocenters. The SMILES string of the molecule is N=S1(=N)C=CC=CN1. The third kappa shape index (κ3) is 1.10. The average molecular weight is 129 g/mol. The molecular formula is C4H7N3S. The molecule has 3 N–H and O–H groups in total. The highest BCUT2D eigenvalue weighted by Gasteiger charge is 1.90. The molecular weight excluding hydrogens is 122 g/mol. The predicted octanol–water partition coefficient (Wildman–Crippen LogP) is 1.21. The summed E-state index contributed by atoms with van der Waals surface area (Å²) in [6.45, 7) is 0. The van der Waals surface area contributed by atoms with E-state index in [0.717, 1.165) is 0 Å². The van der Waals surface area contributed by atoms with Gasteiger partial charge < -0.3 is 4.72 Å². The number of hydrogen-bond acceptors (Lipinski definition) is 2. The molecule has 1 heterocycles. The van der Waals surface area contributed by atoms with Gasteiger partial charge in [0.2, 0.25) is 0 Å². The van der Waals surface area contributed by atoms with Crippen LogP contribution in [-0.2, 0) is 9.81 Å². The zero-order valence-corrected chi connectivity index (χ0v) is 5.03. The zero-order chi connectivity index (χ0) is 6.04. The maximum atomic E-state index is 7.13. The second-order valence-electron chi connectivity index (χ2n) is 1.47. The van der Waals surface area contributed by atoms with E-state index in [9.17, 15) is 0 Å². The molecule has 0 radical (unpaired) electrons. The highest BCUT2D eigenvalue weighted by atomic mass is 32.2. The molecule has 44 valence electrons. The third-order valence-corrected chi connectivity index (χ3v) is 1.82. The highest BCUT2D eigenvalue weighted by molar-refractivity contribution is 7.94. The van der Waals surface area contributed by atoms with E-state index in [-0.39, 0.29) is 0 Å². The monoisotopic (exact) mass is 129 g/mol. The smallest absolute Gasteiger partial charge is 0.0365 e. The molecule has 0 spiro atoms. The Morgan fingerprint density at radius 1 is 1.25 bits per heavy atom. The van der Waals surface area contributed by atoms with Crippen LogP contribution in [0.2, 0.25) is 0 Å². The molecule has 0 aromatic rings. The van der Waals surface area contributed by atoms with E-state index in [0.29, 0.717) is 0 Å². The van der Waals surface area contributed by atoms with E-state index in [1.54, 1.807) is 23.8 Å². The second kappa shape index (κ2) is 1.63. The normalized spacial score (nSPS) is 22.5. The molecule has 1 aliphatic rings. The van der Waals surface area contributed by atoms with Gasteiger partial charge in [-0.25, -0.2) is 9.56 Å². The number of rotatable bonds is 0. The Morgan fingerprint density at radius 2 is 2.00 bits per heavy atom. The van der Waals surface area contributed by atoms with E-state index in [1.807, 2.05) is 0 Å². The molecule has 0 saturated heterocycles. The van der Waals surface area contributed by atoms with E-state index in [1.165, 1.54) is 0 Å². The Balaban J connectivity index is 2.98. The third-order valence-electron chi connectivity index (χ3n) is 0.744. The van der Waals surface area contributed by atoms with Gasteiger partial charge in [0.15, 0.2) is 0 Å². The van der Waals surface area contributed by atoms with Gasteiger partial charge in [0, 0.05) is 21.4 Å². The van der Waals surface area contributed by atoms with Crippen molar-refractivity contribution < 1.29 is 0 Å². The Morgan fingerprint density at radius 3 is 2.25 bits per heavy atom. The van der Waals surface area contributed by atoms with E-state index in [4.69, 9.17) is 9.56 Å². The van der Waals surface area contributed by atoms with Gasteiger partial charge in [-0.2, -0.15) is 0 Å². The molecule has 0 atom stereocenters. The van der Waals surface area contributed by atoms with Crippen molar-refractivity contribution in [3.63, 3.8) is 0 Å². The molecule has 1 aliphatic heterocycles. The van der Waals surface area contributed by atoms with Crippen LogP contribution in [0.4, 0.5) is 0 Å².